The van der Waals surface area contributed by atoms with Gasteiger partial charge in [-0.2, -0.15) is 5.26 Å². The van der Waals surface area contributed by atoms with Gasteiger partial charge in [0, 0.05) is 17.1 Å². The summed E-state index contributed by atoms with van der Waals surface area (Å²) in [6.07, 6.45) is 1.78. The van der Waals surface area contributed by atoms with Gasteiger partial charge in [-0.05, 0) is 36.4 Å². The quantitative estimate of drug-likeness (QED) is 0.574. The van der Waals surface area contributed by atoms with E-state index >= 15 is 0 Å². The Balaban J connectivity index is 1.94. The highest BCUT2D eigenvalue weighted by Gasteiger charge is 2.09. The lowest BCUT2D eigenvalue weighted by atomic mass is 10.1. The summed E-state index contributed by atoms with van der Waals surface area (Å²) in [5, 5.41) is 10.2. The van der Waals surface area contributed by atoms with Crippen LogP contribution >= 0.6 is 0 Å². The van der Waals surface area contributed by atoms with Gasteiger partial charge in [0.25, 0.3) is 0 Å². The summed E-state index contributed by atoms with van der Waals surface area (Å²) in [4.78, 5) is 12.1. The minimum Gasteiger partial charge on any atom is -0.338 e. The zero-order valence-corrected chi connectivity index (χ0v) is 11.0. The van der Waals surface area contributed by atoms with Crippen molar-refractivity contribution in [1.29, 1.82) is 5.26 Å². The van der Waals surface area contributed by atoms with Crippen molar-refractivity contribution in [1.82, 2.24) is 15.0 Å². The van der Waals surface area contributed by atoms with Crippen LogP contribution in [0, 0.1) is 11.3 Å². The molecule has 4 nitrogen and oxygen atoms in total. The fourth-order valence-corrected chi connectivity index (χ4v) is 2.48. The molecule has 0 fully saturated rings. The third-order valence-corrected chi connectivity index (χ3v) is 3.51. The first-order valence-corrected chi connectivity index (χ1v) is 6.59. The van der Waals surface area contributed by atoms with Crippen molar-refractivity contribution < 1.29 is 0 Å². The Labute approximate surface area is 120 Å². The molecule has 98 valence electrons. The van der Waals surface area contributed by atoms with Crippen LogP contribution in [0.2, 0.25) is 0 Å². The highest BCUT2D eigenvalue weighted by Crippen LogP contribution is 2.25. The third kappa shape index (κ3) is 1.84. The van der Waals surface area contributed by atoms with Crippen LogP contribution in [0.5, 0.6) is 0 Å². The standard InChI is InChI=1S/C17H10N4/c18-10-13-3-1-5-15-16(13)21-17(20-15)12-6-7-14-11(9-12)4-2-8-19-14/h1-9H,(H,20,21). The number of hydrogen-bond donors (Lipinski definition) is 1. The van der Waals surface area contributed by atoms with Crippen molar-refractivity contribution in [3.63, 3.8) is 0 Å². The summed E-state index contributed by atoms with van der Waals surface area (Å²) in [6.45, 7) is 0. The first kappa shape index (κ1) is 11.6. The van der Waals surface area contributed by atoms with E-state index in [-0.39, 0.29) is 0 Å². The van der Waals surface area contributed by atoms with E-state index in [1.165, 1.54) is 0 Å². The molecular formula is C17H10N4. The van der Waals surface area contributed by atoms with Crippen LogP contribution in [0.4, 0.5) is 0 Å². The van der Waals surface area contributed by atoms with Crippen molar-refractivity contribution in [2.75, 3.05) is 0 Å². The second-order valence-corrected chi connectivity index (χ2v) is 4.81. The molecule has 2 aromatic carbocycles. The minimum atomic E-state index is 0.581. The maximum Gasteiger partial charge on any atom is 0.138 e. The zero-order chi connectivity index (χ0) is 14.2. The van der Waals surface area contributed by atoms with E-state index in [4.69, 9.17) is 5.26 Å². The molecule has 0 atom stereocenters. The number of fused-ring (bicyclic) bond motifs is 2. The SMILES string of the molecule is N#Cc1cccc2[nH]c(-c3ccc4ncccc4c3)nc12. The van der Waals surface area contributed by atoms with E-state index in [0.717, 1.165) is 27.8 Å². The number of para-hydroxylation sites is 1. The largest absolute Gasteiger partial charge is 0.338 e. The number of aromatic nitrogens is 3. The zero-order valence-electron chi connectivity index (χ0n) is 11.0. The van der Waals surface area contributed by atoms with Gasteiger partial charge < -0.3 is 4.98 Å². The Bertz CT molecular complexity index is 1010. The molecule has 0 unspecified atom stereocenters. The normalized spacial score (nSPS) is 10.8. The Morgan fingerprint density at radius 3 is 2.90 bits per heavy atom. The number of H-pyrrole nitrogens is 1. The van der Waals surface area contributed by atoms with Gasteiger partial charge in [0.05, 0.1) is 16.6 Å². The number of aromatic amines is 1. The molecule has 1 N–H and O–H groups in total. The van der Waals surface area contributed by atoms with E-state index in [9.17, 15) is 0 Å². The van der Waals surface area contributed by atoms with Crippen LogP contribution in [0.1, 0.15) is 5.56 Å². The first-order valence-electron chi connectivity index (χ1n) is 6.59. The monoisotopic (exact) mass is 270 g/mol. The average Bonchev–Trinajstić information content (AvgIpc) is 2.98. The van der Waals surface area contributed by atoms with Crippen LogP contribution in [0.15, 0.2) is 54.7 Å². The molecule has 21 heavy (non-hydrogen) atoms. The highest BCUT2D eigenvalue weighted by atomic mass is 14.9. The van der Waals surface area contributed by atoms with Crippen molar-refractivity contribution in [3.8, 4) is 17.5 Å². The van der Waals surface area contributed by atoms with Crippen LogP contribution in [-0.4, -0.2) is 15.0 Å². The maximum atomic E-state index is 9.14. The van der Waals surface area contributed by atoms with Crippen LogP contribution in [-0.2, 0) is 0 Å². The van der Waals surface area contributed by atoms with Gasteiger partial charge in [-0.3, -0.25) is 4.98 Å². The number of benzene rings is 2. The van der Waals surface area contributed by atoms with Gasteiger partial charge in [-0.15, -0.1) is 0 Å². The maximum absolute atomic E-state index is 9.14. The van der Waals surface area contributed by atoms with E-state index in [1.54, 1.807) is 12.3 Å². The number of rotatable bonds is 1. The molecule has 2 aromatic heterocycles. The molecule has 4 aromatic rings. The molecule has 0 aliphatic heterocycles. The molecule has 0 radical (unpaired) electrons. The first-order chi connectivity index (χ1) is 10.3. The summed E-state index contributed by atoms with van der Waals surface area (Å²) in [5.74, 6) is 0.762. The Hall–Kier alpha value is -3.19. The summed E-state index contributed by atoms with van der Waals surface area (Å²) in [6, 6.07) is 17.7. The number of nitrogens with one attached hydrogen (secondary N) is 1. The fourth-order valence-electron chi connectivity index (χ4n) is 2.48. The average molecular weight is 270 g/mol. The lowest BCUT2D eigenvalue weighted by molar-refractivity contribution is 1.33. The molecular weight excluding hydrogens is 260 g/mol. The molecule has 4 heteroatoms. The van der Waals surface area contributed by atoms with Crippen LogP contribution in [0.3, 0.4) is 0 Å². The highest BCUT2D eigenvalue weighted by molar-refractivity contribution is 5.87. The van der Waals surface area contributed by atoms with Gasteiger partial charge in [-0.1, -0.05) is 12.1 Å². The molecule has 0 aliphatic rings. The molecule has 0 aliphatic carbocycles. The Morgan fingerprint density at radius 1 is 1.05 bits per heavy atom. The number of hydrogen-bond acceptors (Lipinski definition) is 3. The predicted molar refractivity (Wildman–Crippen MR) is 81.5 cm³/mol. The molecule has 0 spiro atoms. The molecule has 0 saturated heterocycles. The smallest absolute Gasteiger partial charge is 0.138 e. The van der Waals surface area contributed by atoms with E-state index < -0.39 is 0 Å². The second-order valence-electron chi connectivity index (χ2n) is 4.81. The van der Waals surface area contributed by atoms with Gasteiger partial charge in [0.2, 0.25) is 0 Å². The summed E-state index contributed by atoms with van der Waals surface area (Å²) in [7, 11) is 0. The molecule has 0 saturated carbocycles. The Kier molecular flexibility index (Phi) is 2.45. The van der Waals surface area contributed by atoms with Crippen LogP contribution < -0.4 is 0 Å². The van der Waals surface area contributed by atoms with Crippen LogP contribution in [0.25, 0.3) is 33.3 Å². The summed E-state index contributed by atoms with van der Waals surface area (Å²) >= 11 is 0. The number of pyridine rings is 1. The van der Waals surface area contributed by atoms with E-state index in [0.29, 0.717) is 11.1 Å². The second kappa shape index (κ2) is 4.43. The van der Waals surface area contributed by atoms with E-state index in [1.807, 2.05) is 42.5 Å². The van der Waals surface area contributed by atoms with E-state index in [2.05, 4.69) is 21.0 Å². The topological polar surface area (TPSA) is 65.4 Å². The molecule has 0 bridgehead atoms. The molecule has 4 rings (SSSR count). The van der Waals surface area contributed by atoms with Gasteiger partial charge in [-0.25, -0.2) is 4.98 Å². The van der Waals surface area contributed by atoms with Crippen molar-refractivity contribution in [2.24, 2.45) is 0 Å². The summed E-state index contributed by atoms with van der Waals surface area (Å²) < 4.78 is 0. The molecule has 2 heterocycles. The lowest BCUT2D eigenvalue weighted by Crippen LogP contribution is -1.83. The number of imidazole rings is 1. The summed E-state index contributed by atoms with van der Waals surface area (Å²) in [5.41, 5.74) is 4.10. The number of nitrogens with zero attached hydrogens (tertiary/aromatic N) is 3. The minimum absolute atomic E-state index is 0.581. The predicted octanol–water partition coefficient (Wildman–Crippen LogP) is 3.65. The van der Waals surface area contributed by atoms with Crippen molar-refractivity contribution >= 4 is 21.9 Å². The van der Waals surface area contributed by atoms with Gasteiger partial charge in [0.15, 0.2) is 0 Å². The number of nitriles is 1. The molecule has 0 amide bonds. The van der Waals surface area contributed by atoms with Gasteiger partial charge in [0.1, 0.15) is 17.4 Å². The van der Waals surface area contributed by atoms with Gasteiger partial charge >= 0.3 is 0 Å². The lowest BCUT2D eigenvalue weighted by Gasteiger charge is -1.99. The fraction of sp³-hybridized carbons (Fsp3) is 0. The van der Waals surface area contributed by atoms with Crippen molar-refractivity contribution in [2.45, 2.75) is 0 Å². The Morgan fingerprint density at radius 2 is 2.00 bits per heavy atom. The third-order valence-electron chi connectivity index (χ3n) is 3.51. The van der Waals surface area contributed by atoms with Crippen molar-refractivity contribution in [3.05, 3.63) is 60.3 Å².